The molecule has 0 fully saturated rings. The Bertz CT molecular complexity index is 1190. The molecule has 0 atom stereocenters. The number of nitrogens with zero attached hydrogens (tertiary/aromatic N) is 4. The Balaban J connectivity index is 0.000000552. The fourth-order valence-corrected chi connectivity index (χ4v) is 3.21. The lowest BCUT2D eigenvalue weighted by molar-refractivity contribution is -0.115. The first-order valence-electron chi connectivity index (χ1n) is 8.24. The summed E-state index contributed by atoms with van der Waals surface area (Å²) in [7, 11) is 0. The molecule has 0 bridgehead atoms. The SMILES string of the molecule is CC(N)=O.Nc1ncnc2c1nc(-c1ccc(Cl)cc1Cl)n2-c1ccc(Cl)cc1. The van der Waals surface area contributed by atoms with E-state index in [0.717, 1.165) is 5.69 Å². The number of carbonyl (C=O) groups is 1. The van der Waals surface area contributed by atoms with Crippen molar-refractivity contribution in [3.8, 4) is 17.1 Å². The molecule has 0 saturated heterocycles. The molecular weight excluding hydrogens is 435 g/mol. The van der Waals surface area contributed by atoms with Crippen LogP contribution in [0, 0.1) is 0 Å². The van der Waals surface area contributed by atoms with E-state index in [9.17, 15) is 4.79 Å². The lowest BCUT2D eigenvalue weighted by atomic mass is 10.2. The van der Waals surface area contributed by atoms with Gasteiger partial charge < -0.3 is 11.5 Å². The molecule has 2 aromatic heterocycles. The molecule has 7 nitrogen and oxygen atoms in total. The summed E-state index contributed by atoms with van der Waals surface area (Å²) in [6.07, 6.45) is 1.40. The topological polar surface area (TPSA) is 113 Å². The number of hydrogen-bond donors (Lipinski definition) is 2. The molecule has 2 heterocycles. The fourth-order valence-electron chi connectivity index (χ4n) is 2.60. The van der Waals surface area contributed by atoms with Gasteiger partial charge in [0, 0.05) is 28.2 Å². The van der Waals surface area contributed by atoms with Crippen LogP contribution in [0.4, 0.5) is 5.82 Å². The maximum absolute atomic E-state index is 9.22. The highest BCUT2D eigenvalue weighted by atomic mass is 35.5. The number of amides is 1. The van der Waals surface area contributed by atoms with Crippen molar-refractivity contribution in [1.29, 1.82) is 0 Å². The summed E-state index contributed by atoms with van der Waals surface area (Å²) < 4.78 is 1.86. The average Bonchev–Trinajstić information content (AvgIpc) is 3.02. The van der Waals surface area contributed by atoms with E-state index < -0.39 is 0 Å². The number of benzene rings is 2. The highest BCUT2D eigenvalue weighted by Crippen LogP contribution is 2.34. The van der Waals surface area contributed by atoms with Crippen molar-refractivity contribution in [2.75, 3.05) is 5.73 Å². The van der Waals surface area contributed by atoms with Gasteiger partial charge in [0.25, 0.3) is 0 Å². The predicted molar refractivity (Wildman–Crippen MR) is 116 cm³/mol. The van der Waals surface area contributed by atoms with E-state index in [1.165, 1.54) is 13.3 Å². The minimum absolute atomic E-state index is 0.295. The van der Waals surface area contributed by atoms with Gasteiger partial charge in [0.1, 0.15) is 12.2 Å². The third-order valence-electron chi connectivity index (χ3n) is 3.73. The molecule has 2 aromatic carbocycles. The number of carbonyl (C=O) groups excluding carboxylic acids is 1. The maximum Gasteiger partial charge on any atom is 0.214 e. The maximum atomic E-state index is 9.22. The number of primary amides is 1. The number of anilines is 1. The highest BCUT2D eigenvalue weighted by molar-refractivity contribution is 6.36. The Morgan fingerprint density at radius 3 is 2.24 bits per heavy atom. The fraction of sp³-hybridized carbons (Fsp3) is 0.0526. The number of halogens is 3. The van der Waals surface area contributed by atoms with E-state index in [1.54, 1.807) is 24.3 Å². The second-order valence-electron chi connectivity index (χ2n) is 5.91. The summed E-state index contributed by atoms with van der Waals surface area (Å²) in [6, 6.07) is 12.6. The van der Waals surface area contributed by atoms with Gasteiger partial charge in [-0.25, -0.2) is 15.0 Å². The Hall–Kier alpha value is -2.87. The first kappa shape index (κ1) is 20.9. The number of fused-ring (bicyclic) bond motifs is 1. The number of nitrogen functional groups attached to an aromatic ring is 1. The van der Waals surface area contributed by atoms with Crippen LogP contribution in [-0.4, -0.2) is 25.4 Å². The van der Waals surface area contributed by atoms with Gasteiger partial charge >= 0.3 is 0 Å². The molecule has 148 valence electrons. The van der Waals surface area contributed by atoms with Crippen LogP contribution >= 0.6 is 34.8 Å². The van der Waals surface area contributed by atoms with Gasteiger partial charge in [0.15, 0.2) is 17.0 Å². The van der Waals surface area contributed by atoms with Gasteiger partial charge in [-0.2, -0.15) is 0 Å². The van der Waals surface area contributed by atoms with Crippen molar-refractivity contribution in [3.63, 3.8) is 0 Å². The van der Waals surface area contributed by atoms with E-state index in [4.69, 9.17) is 40.5 Å². The molecule has 0 spiro atoms. The second kappa shape index (κ2) is 8.65. The molecule has 0 aliphatic heterocycles. The third kappa shape index (κ3) is 4.59. The molecule has 29 heavy (non-hydrogen) atoms. The van der Waals surface area contributed by atoms with Crippen LogP contribution in [-0.2, 0) is 4.79 Å². The van der Waals surface area contributed by atoms with E-state index in [2.05, 4.69) is 20.7 Å². The zero-order valence-corrected chi connectivity index (χ0v) is 17.4. The lowest BCUT2D eigenvalue weighted by Crippen LogP contribution is -2.01. The van der Waals surface area contributed by atoms with E-state index in [0.29, 0.717) is 43.4 Å². The number of nitrogens with two attached hydrogens (primary N) is 2. The molecule has 4 N–H and O–H groups in total. The van der Waals surface area contributed by atoms with Gasteiger partial charge in [-0.15, -0.1) is 0 Å². The van der Waals surface area contributed by atoms with Crippen molar-refractivity contribution in [3.05, 3.63) is 63.9 Å². The summed E-state index contributed by atoms with van der Waals surface area (Å²) in [5.41, 5.74) is 13.1. The third-order valence-corrected chi connectivity index (χ3v) is 4.53. The summed E-state index contributed by atoms with van der Waals surface area (Å²) in [5, 5.41) is 1.65. The first-order valence-corrected chi connectivity index (χ1v) is 9.37. The van der Waals surface area contributed by atoms with Crippen molar-refractivity contribution < 1.29 is 4.79 Å². The van der Waals surface area contributed by atoms with Crippen LogP contribution in [0.3, 0.4) is 0 Å². The molecule has 0 radical (unpaired) electrons. The summed E-state index contributed by atoms with van der Waals surface area (Å²) >= 11 is 18.4. The number of imidazole rings is 1. The van der Waals surface area contributed by atoms with Crippen LogP contribution < -0.4 is 11.5 Å². The summed E-state index contributed by atoms with van der Waals surface area (Å²) in [5.74, 6) is 0.551. The molecule has 10 heteroatoms. The van der Waals surface area contributed by atoms with Crippen molar-refractivity contribution >= 4 is 57.7 Å². The zero-order chi connectivity index (χ0) is 21.1. The lowest BCUT2D eigenvalue weighted by Gasteiger charge is -2.10. The number of aromatic nitrogens is 4. The minimum Gasteiger partial charge on any atom is -0.382 e. The molecule has 4 rings (SSSR count). The Kier molecular flexibility index (Phi) is 6.22. The van der Waals surface area contributed by atoms with Gasteiger partial charge in [-0.3, -0.25) is 9.36 Å². The number of rotatable bonds is 2. The monoisotopic (exact) mass is 448 g/mol. The van der Waals surface area contributed by atoms with Crippen LogP contribution in [0.5, 0.6) is 0 Å². The molecule has 4 aromatic rings. The normalized spacial score (nSPS) is 10.5. The van der Waals surface area contributed by atoms with E-state index in [-0.39, 0.29) is 5.91 Å². The molecule has 1 amide bonds. The van der Waals surface area contributed by atoms with Gasteiger partial charge in [0.2, 0.25) is 5.91 Å². The zero-order valence-electron chi connectivity index (χ0n) is 15.1. The quantitative estimate of drug-likeness (QED) is 0.467. The largest absolute Gasteiger partial charge is 0.382 e. The van der Waals surface area contributed by atoms with E-state index >= 15 is 0 Å². The molecule has 0 saturated carbocycles. The summed E-state index contributed by atoms with van der Waals surface area (Å²) in [6.45, 7) is 1.31. The number of hydrogen-bond acceptors (Lipinski definition) is 5. The van der Waals surface area contributed by atoms with Crippen LogP contribution in [0.25, 0.3) is 28.2 Å². The first-order chi connectivity index (χ1) is 13.8. The van der Waals surface area contributed by atoms with Crippen LogP contribution in [0.2, 0.25) is 15.1 Å². The average molecular weight is 450 g/mol. The van der Waals surface area contributed by atoms with Crippen LogP contribution in [0.1, 0.15) is 6.92 Å². The molecule has 0 aliphatic carbocycles. The Morgan fingerprint density at radius 2 is 1.62 bits per heavy atom. The van der Waals surface area contributed by atoms with Gasteiger partial charge in [-0.05, 0) is 42.5 Å². The van der Waals surface area contributed by atoms with Crippen molar-refractivity contribution in [2.45, 2.75) is 6.92 Å². The van der Waals surface area contributed by atoms with Crippen LogP contribution in [0.15, 0.2) is 48.8 Å². The minimum atomic E-state index is -0.333. The molecule has 0 unspecified atom stereocenters. The van der Waals surface area contributed by atoms with E-state index in [1.807, 2.05) is 22.8 Å². The standard InChI is InChI=1S/C17H10Cl3N5.C2H5NO/c18-9-1-4-11(5-2-9)25-16(12-6-3-10(19)7-13(12)20)24-14-15(21)22-8-23-17(14)25;1-2(3)4/h1-8H,(H2,21,22,23);1H3,(H2,3,4). The van der Waals surface area contributed by atoms with Crippen molar-refractivity contribution in [2.24, 2.45) is 5.73 Å². The van der Waals surface area contributed by atoms with Crippen molar-refractivity contribution in [1.82, 2.24) is 19.5 Å². The molecule has 0 aliphatic rings. The Labute approximate surface area is 181 Å². The second-order valence-corrected chi connectivity index (χ2v) is 7.19. The highest BCUT2D eigenvalue weighted by Gasteiger charge is 2.19. The van der Waals surface area contributed by atoms with Gasteiger partial charge in [-0.1, -0.05) is 34.8 Å². The summed E-state index contributed by atoms with van der Waals surface area (Å²) in [4.78, 5) is 22.2. The van der Waals surface area contributed by atoms with Gasteiger partial charge in [0.05, 0.1) is 5.02 Å². The predicted octanol–water partition coefficient (Wildman–Crippen LogP) is 4.52. The molecular formula is C19H15Cl3N6O. The smallest absolute Gasteiger partial charge is 0.214 e. The Morgan fingerprint density at radius 1 is 1.00 bits per heavy atom.